The maximum Gasteiger partial charge on any atom is 0.337 e. The molecule has 1 aromatic rings. The van der Waals surface area contributed by atoms with E-state index in [-0.39, 0.29) is 5.56 Å². The van der Waals surface area contributed by atoms with Gasteiger partial charge in [0.25, 0.3) is 0 Å². The molecular weight excluding hydrogens is 352 g/mol. The number of ether oxygens (including phenoxy) is 1. The van der Waals surface area contributed by atoms with Crippen molar-refractivity contribution in [1.82, 2.24) is 0 Å². The zero-order valence-corrected chi connectivity index (χ0v) is 14.8. The summed E-state index contributed by atoms with van der Waals surface area (Å²) in [5, 5.41) is 21.6. The molecule has 1 aliphatic heterocycles. The second-order valence-corrected chi connectivity index (χ2v) is 6.62. The number of carboxylic acid groups (broad SMARTS) is 2. The van der Waals surface area contributed by atoms with E-state index in [1.807, 2.05) is 4.90 Å². The molecular formula is C19H22N2O6. The van der Waals surface area contributed by atoms with Crippen molar-refractivity contribution in [2.45, 2.75) is 12.8 Å². The van der Waals surface area contributed by atoms with Gasteiger partial charge in [0.2, 0.25) is 5.91 Å². The molecule has 8 nitrogen and oxygen atoms in total. The highest BCUT2D eigenvalue weighted by atomic mass is 16.5. The summed E-state index contributed by atoms with van der Waals surface area (Å²) in [6, 6.07) is 4.73. The van der Waals surface area contributed by atoms with Crippen molar-refractivity contribution in [3.05, 3.63) is 35.9 Å². The molecule has 0 aromatic heterocycles. The van der Waals surface area contributed by atoms with Crippen LogP contribution in [0.4, 0.5) is 11.4 Å². The molecule has 2 atom stereocenters. The van der Waals surface area contributed by atoms with Gasteiger partial charge in [-0.15, -0.1) is 0 Å². The fourth-order valence-electron chi connectivity index (χ4n) is 3.48. The number of aliphatic carboxylic acids is 1. The van der Waals surface area contributed by atoms with Crippen LogP contribution in [0.15, 0.2) is 30.4 Å². The fourth-order valence-corrected chi connectivity index (χ4v) is 3.48. The summed E-state index contributed by atoms with van der Waals surface area (Å²) in [7, 11) is 0. The number of benzene rings is 1. The third-order valence-corrected chi connectivity index (χ3v) is 4.93. The van der Waals surface area contributed by atoms with Crippen molar-refractivity contribution < 1.29 is 29.3 Å². The van der Waals surface area contributed by atoms with Gasteiger partial charge in [-0.1, -0.05) is 12.2 Å². The molecule has 144 valence electrons. The number of hydrogen-bond acceptors (Lipinski definition) is 5. The minimum absolute atomic E-state index is 0.0908. The Morgan fingerprint density at radius 1 is 1.04 bits per heavy atom. The van der Waals surface area contributed by atoms with Crippen LogP contribution in [-0.4, -0.2) is 54.4 Å². The van der Waals surface area contributed by atoms with Crippen molar-refractivity contribution in [2.75, 3.05) is 36.5 Å². The van der Waals surface area contributed by atoms with Crippen molar-refractivity contribution in [3.8, 4) is 0 Å². The lowest BCUT2D eigenvalue weighted by atomic mass is 9.82. The van der Waals surface area contributed by atoms with Crippen LogP contribution in [0.3, 0.4) is 0 Å². The summed E-state index contributed by atoms with van der Waals surface area (Å²) >= 11 is 0. The number of carbonyl (C=O) groups is 3. The van der Waals surface area contributed by atoms with Gasteiger partial charge < -0.3 is 25.2 Å². The first-order valence-electron chi connectivity index (χ1n) is 8.86. The van der Waals surface area contributed by atoms with Crippen LogP contribution >= 0.6 is 0 Å². The zero-order chi connectivity index (χ0) is 19.4. The Morgan fingerprint density at radius 2 is 1.70 bits per heavy atom. The summed E-state index contributed by atoms with van der Waals surface area (Å²) in [5.41, 5.74) is 1.01. The largest absolute Gasteiger partial charge is 0.481 e. The van der Waals surface area contributed by atoms with Crippen LogP contribution < -0.4 is 10.2 Å². The van der Waals surface area contributed by atoms with Crippen LogP contribution in [-0.2, 0) is 14.3 Å². The predicted molar refractivity (Wildman–Crippen MR) is 98.1 cm³/mol. The van der Waals surface area contributed by atoms with Gasteiger partial charge in [0, 0.05) is 18.8 Å². The van der Waals surface area contributed by atoms with E-state index in [0.29, 0.717) is 50.5 Å². The number of aromatic carboxylic acids is 1. The number of allylic oxidation sites excluding steroid dienone is 2. The normalized spacial score (nSPS) is 22.3. The minimum Gasteiger partial charge on any atom is -0.481 e. The van der Waals surface area contributed by atoms with Crippen molar-refractivity contribution >= 4 is 29.2 Å². The monoisotopic (exact) mass is 374 g/mol. The highest BCUT2D eigenvalue weighted by Gasteiger charge is 2.34. The number of nitrogens with zero attached hydrogens (tertiary/aromatic N) is 1. The summed E-state index contributed by atoms with van der Waals surface area (Å²) in [5.74, 6) is -3.96. The second kappa shape index (κ2) is 8.22. The molecule has 8 heteroatoms. The van der Waals surface area contributed by atoms with Crippen LogP contribution in [0.2, 0.25) is 0 Å². The first-order valence-corrected chi connectivity index (χ1v) is 8.86. The van der Waals surface area contributed by atoms with Crippen LogP contribution in [0.25, 0.3) is 0 Å². The Hall–Kier alpha value is -2.87. The summed E-state index contributed by atoms with van der Waals surface area (Å²) < 4.78 is 5.29. The number of rotatable bonds is 5. The molecule has 3 N–H and O–H groups in total. The topological polar surface area (TPSA) is 116 Å². The smallest absolute Gasteiger partial charge is 0.337 e. The molecule has 0 saturated carbocycles. The Balaban J connectivity index is 1.79. The lowest BCUT2D eigenvalue weighted by molar-refractivity contribution is -0.146. The van der Waals surface area contributed by atoms with Gasteiger partial charge in [0.05, 0.1) is 36.3 Å². The standard InChI is InChI=1S/C19H22N2O6/c22-17(13-3-1-2-4-14(13)18(23)24)20-12-5-6-16(15(11-12)19(25)26)21-7-9-27-10-8-21/h1-2,5-6,11,13-14H,3-4,7-10H2,(H,20,22)(H,23,24)(H,25,26)/t13-,14-/m0/s1. The number of amides is 1. The van der Waals surface area contributed by atoms with Crippen LogP contribution in [0, 0.1) is 11.8 Å². The molecule has 0 bridgehead atoms. The molecule has 1 fully saturated rings. The summed E-state index contributed by atoms with van der Waals surface area (Å²) in [6.45, 7) is 2.26. The molecule has 1 aromatic carbocycles. The number of morpholine rings is 1. The van der Waals surface area contributed by atoms with E-state index in [2.05, 4.69) is 5.32 Å². The van der Waals surface area contributed by atoms with Crippen LogP contribution in [0.5, 0.6) is 0 Å². The average Bonchev–Trinajstić information content (AvgIpc) is 2.68. The van der Waals surface area contributed by atoms with Crippen molar-refractivity contribution in [2.24, 2.45) is 11.8 Å². The van der Waals surface area contributed by atoms with Gasteiger partial charge in [-0.2, -0.15) is 0 Å². The Kier molecular flexibility index (Phi) is 5.75. The van der Waals surface area contributed by atoms with E-state index >= 15 is 0 Å². The van der Waals surface area contributed by atoms with Gasteiger partial charge in [0.15, 0.2) is 0 Å². The van der Waals surface area contributed by atoms with Gasteiger partial charge >= 0.3 is 11.9 Å². The highest BCUT2D eigenvalue weighted by Crippen LogP contribution is 2.29. The van der Waals surface area contributed by atoms with E-state index < -0.39 is 29.7 Å². The van der Waals surface area contributed by atoms with Gasteiger partial charge in [-0.25, -0.2) is 4.79 Å². The molecule has 2 aliphatic rings. The molecule has 1 aliphatic carbocycles. The molecule has 27 heavy (non-hydrogen) atoms. The Labute approximate surface area is 156 Å². The molecule has 1 amide bonds. The number of hydrogen-bond donors (Lipinski definition) is 3. The van der Waals surface area contributed by atoms with E-state index in [0.717, 1.165) is 0 Å². The molecule has 0 unspecified atom stereocenters. The number of anilines is 2. The number of nitrogens with one attached hydrogen (secondary N) is 1. The summed E-state index contributed by atoms with van der Waals surface area (Å²) in [6.07, 6.45) is 4.22. The number of carbonyl (C=O) groups excluding carboxylic acids is 1. The van der Waals surface area contributed by atoms with E-state index in [9.17, 15) is 24.6 Å². The highest BCUT2D eigenvalue weighted by molar-refractivity contribution is 5.99. The van der Waals surface area contributed by atoms with Crippen molar-refractivity contribution in [1.29, 1.82) is 0 Å². The van der Waals surface area contributed by atoms with Gasteiger partial charge in [0.1, 0.15) is 0 Å². The Bertz CT molecular complexity index is 769. The van der Waals surface area contributed by atoms with Gasteiger partial charge in [-0.05, 0) is 31.0 Å². The Morgan fingerprint density at radius 3 is 2.33 bits per heavy atom. The molecule has 0 spiro atoms. The summed E-state index contributed by atoms with van der Waals surface area (Å²) in [4.78, 5) is 37.6. The van der Waals surface area contributed by atoms with Gasteiger partial charge in [-0.3, -0.25) is 9.59 Å². The molecule has 3 rings (SSSR count). The van der Waals surface area contributed by atoms with E-state index in [4.69, 9.17) is 4.74 Å². The predicted octanol–water partition coefficient (Wildman–Crippen LogP) is 1.83. The first kappa shape index (κ1) is 18.9. The molecule has 1 heterocycles. The minimum atomic E-state index is -1.09. The fraction of sp³-hybridized carbons (Fsp3) is 0.421. The SMILES string of the molecule is O=C(O)c1cc(NC(=O)[C@H]2CC=CC[C@@H]2C(=O)O)ccc1N1CCOCC1. The van der Waals surface area contributed by atoms with E-state index in [1.54, 1.807) is 24.3 Å². The third kappa shape index (κ3) is 4.28. The maximum atomic E-state index is 12.6. The lowest BCUT2D eigenvalue weighted by Gasteiger charge is -2.30. The lowest BCUT2D eigenvalue weighted by Crippen LogP contribution is -2.37. The first-order chi connectivity index (χ1) is 13.0. The quantitative estimate of drug-likeness (QED) is 0.673. The van der Waals surface area contributed by atoms with E-state index in [1.165, 1.54) is 6.07 Å². The average molecular weight is 374 g/mol. The zero-order valence-electron chi connectivity index (χ0n) is 14.8. The molecule has 0 radical (unpaired) electrons. The number of carboxylic acids is 2. The molecule has 1 saturated heterocycles. The second-order valence-electron chi connectivity index (χ2n) is 6.62. The van der Waals surface area contributed by atoms with Crippen molar-refractivity contribution in [3.63, 3.8) is 0 Å². The maximum absolute atomic E-state index is 12.6. The third-order valence-electron chi connectivity index (χ3n) is 4.93. The van der Waals surface area contributed by atoms with Crippen LogP contribution in [0.1, 0.15) is 23.2 Å².